The third kappa shape index (κ3) is 2.74. The van der Waals surface area contributed by atoms with Gasteiger partial charge in [-0.15, -0.1) is 0 Å². The van der Waals surface area contributed by atoms with Crippen molar-refractivity contribution in [1.82, 2.24) is 5.32 Å². The molecular formula is C18H26ClNO. The Kier molecular flexibility index (Phi) is 4.58. The Morgan fingerprint density at radius 1 is 1.33 bits per heavy atom. The summed E-state index contributed by atoms with van der Waals surface area (Å²) in [6, 6.07) is 9.02. The molecule has 3 heteroatoms. The van der Waals surface area contributed by atoms with Crippen molar-refractivity contribution < 1.29 is 4.74 Å². The van der Waals surface area contributed by atoms with Crippen molar-refractivity contribution in [2.24, 2.45) is 5.41 Å². The van der Waals surface area contributed by atoms with E-state index in [-0.39, 0.29) is 0 Å². The zero-order valence-electron chi connectivity index (χ0n) is 13.1. The van der Waals surface area contributed by atoms with Crippen molar-refractivity contribution in [2.45, 2.75) is 64.1 Å². The van der Waals surface area contributed by atoms with Gasteiger partial charge < -0.3 is 10.1 Å². The van der Waals surface area contributed by atoms with Crippen LogP contribution in [0.3, 0.4) is 0 Å². The normalized spacial score (nSPS) is 28.5. The smallest absolute Gasteiger partial charge is 0.0661 e. The average Bonchev–Trinajstić information content (AvgIpc) is 2.99. The highest BCUT2D eigenvalue weighted by Gasteiger charge is 2.56. The predicted molar refractivity (Wildman–Crippen MR) is 87.7 cm³/mol. The first-order chi connectivity index (χ1) is 10.2. The summed E-state index contributed by atoms with van der Waals surface area (Å²) in [5, 5.41) is 4.69. The van der Waals surface area contributed by atoms with Gasteiger partial charge in [-0.3, -0.25) is 0 Å². The molecule has 2 aliphatic carbocycles. The van der Waals surface area contributed by atoms with E-state index < -0.39 is 0 Å². The number of benzene rings is 1. The van der Waals surface area contributed by atoms with Gasteiger partial charge in [-0.2, -0.15) is 0 Å². The maximum absolute atomic E-state index is 6.33. The Morgan fingerprint density at radius 2 is 2.05 bits per heavy atom. The van der Waals surface area contributed by atoms with Crippen LogP contribution in [0.4, 0.5) is 0 Å². The average molecular weight is 308 g/mol. The molecule has 21 heavy (non-hydrogen) atoms. The van der Waals surface area contributed by atoms with Gasteiger partial charge in [-0.1, -0.05) is 42.6 Å². The molecule has 2 saturated carbocycles. The van der Waals surface area contributed by atoms with Crippen LogP contribution < -0.4 is 5.32 Å². The van der Waals surface area contributed by atoms with E-state index in [9.17, 15) is 0 Å². The summed E-state index contributed by atoms with van der Waals surface area (Å²) >= 11 is 6.33. The zero-order valence-corrected chi connectivity index (χ0v) is 13.8. The van der Waals surface area contributed by atoms with Crippen LogP contribution in [-0.2, 0) is 4.74 Å². The van der Waals surface area contributed by atoms with Crippen LogP contribution >= 0.6 is 11.6 Å². The molecule has 3 atom stereocenters. The van der Waals surface area contributed by atoms with E-state index in [0.29, 0.717) is 23.6 Å². The van der Waals surface area contributed by atoms with Gasteiger partial charge in [0.05, 0.1) is 6.10 Å². The molecule has 2 nitrogen and oxygen atoms in total. The van der Waals surface area contributed by atoms with Gasteiger partial charge in [0.15, 0.2) is 0 Å². The van der Waals surface area contributed by atoms with Crippen LogP contribution in [0.15, 0.2) is 24.3 Å². The summed E-state index contributed by atoms with van der Waals surface area (Å²) in [6.45, 7) is 5.16. The highest BCUT2D eigenvalue weighted by molar-refractivity contribution is 6.31. The van der Waals surface area contributed by atoms with Gasteiger partial charge in [0.1, 0.15) is 0 Å². The standard InChI is InChI=1S/C18H26ClNO/c1-3-21-17-12-16(18(17)10-6-7-11-18)20-13(2)14-8-4-5-9-15(14)19/h4-5,8-9,13,16-17,20H,3,6-7,10-12H2,1-2H3/t13-,16?,17?/m0/s1. The van der Waals surface area contributed by atoms with E-state index in [0.717, 1.165) is 18.1 Å². The minimum absolute atomic E-state index is 0.295. The fourth-order valence-electron chi connectivity index (χ4n) is 4.34. The summed E-state index contributed by atoms with van der Waals surface area (Å²) in [4.78, 5) is 0. The summed E-state index contributed by atoms with van der Waals surface area (Å²) in [7, 11) is 0. The summed E-state index contributed by atoms with van der Waals surface area (Å²) in [6.07, 6.45) is 6.92. The molecule has 0 aliphatic heterocycles. The molecule has 2 aliphatic rings. The number of halogens is 1. The summed E-state index contributed by atoms with van der Waals surface area (Å²) in [5.74, 6) is 0. The van der Waals surface area contributed by atoms with Crippen LogP contribution in [0.25, 0.3) is 0 Å². The van der Waals surface area contributed by atoms with E-state index in [1.54, 1.807) is 0 Å². The van der Waals surface area contributed by atoms with Crippen LogP contribution in [0.5, 0.6) is 0 Å². The van der Waals surface area contributed by atoms with Crippen molar-refractivity contribution in [2.75, 3.05) is 6.61 Å². The fourth-order valence-corrected chi connectivity index (χ4v) is 4.64. The highest BCUT2D eigenvalue weighted by Crippen LogP contribution is 2.55. The molecule has 0 heterocycles. The molecule has 0 radical (unpaired) electrons. The van der Waals surface area contributed by atoms with Crippen molar-refractivity contribution in [3.8, 4) is 0 Å². The van der Waals surface area contributed by atoms with Crippen molar-refractivity contribution in [3.63, 3.8) is 0 Å². The van der Waals surface area contributed by atoms with Gasteiger partial charge in [-0.05, 0) is 44.7 Å². The Morgan fingerprint density at radius 3 is 2.71 bits per heavy atom. The van der Waals surface area contributed by atoms with Crippen LogP contribution in [0, 0.1) is 5.41 Å². The number of hydrogen-bond acceptors (Lipinski definition) is 2. The molecule has 0 aromatic heterocycles. The maximum atomic E-state index is 6.33. The van der Waals surface area contributed by atoms with Crippen molar-refractivity contribution in [1.29, 1.82) is 0 Å². The van der Waals surface area contributed by atoms with Crippen molar-refractivity contribution >= 4 is 11.6 Å². The van der Waals surface area contributed by atoms with E-state index >= 15 is 0 Å². The van der Waals surface area contributed by atoms with Crippen LogP contribution in [-0.4, -0.2) is 18.8 Å². The maximum Gasteiger partial charge on any atom is 0.0661 e. The molecule has 116 valence electrons. The van der Waals surface area contributed by atoms with E-state index in [2.05, 4.69) is 31.3 Å². The molecule has 2 unspecified atom stereocenters. The molecule has 1 spiro atoms. The minimum atomic E-state index is 0.295. The Bertz CT molecular complexity index is 484. The lowest BCUT2D eigenvalue weighted by Crippen LogP contribution is -2.63. The quantitative estimate of drug-likeness (QED) is 0.849. The lowest BCUT2D eigenvalue weighted by atomic mass is 9.60. The third-order valence-corrected chi connectivity index (χ3v) is 5.85. The molecule has 1 aromatic carbocycles. The van der Waals surface area contributed by atoms with Gasteiger partial charge in [-0.25, -0.2) is 0 Å². The Labute approximate surface area is 133 Å². The molecule has 0 amide bonds. The van der Waals surface area contributed by atoms with Crippen LogP contribution in [0.1, 0.15) is 57.6 Å². The van der Waals surface area contributed by atoms with E-state index in [4.69, 9.17) is 16.3 Å². The predicted octanol–water partition coefficient (Wildman–Crippen LogP) is 4.73. The monoisotopic (exact) mass is 307 g/mol. The van der Waals surface area contributed by atoms with E-state index in [1.165, 1.54) is 31.2 Å². The first-order valence-electron chi connectivity index (χ1n) is 8.29. The molecule has 2 fully saturated rings. The second-order valence-electron chi connectivity index (χ2n) is 6.58. The second-order valence-corrected chi connectivity index (χ2v) is 6.99. The first kappa shape index (κ1) is 15.3. The Hall–Kier alpha value is -0.570. The number of rotatable bonds is 5. The van der Waals surface area contributed by atoms with Gasteiger partial charge in [0, 0.05) is 29.1 Å². The lowest BCUT2D eigenvalue weighted by Gasteiger charge is -2.55. The van der Waals surface area contributed by atoms with Gasteiger partial charge >= 0.3 is 0 Å². The zero-order chi connectivity index (χ0) is 14.9. The molecule has 0 bridgehead atoms. The topological polar surface area (TPSA) is 21.3 Å². The van der Waals surface area contributed by atoms with Crippen LogP contribution in [0.2, 0.25) is 5.02 Å². The number of ether oxygens (including phenoxy) is 1. The summed E-state index contributed by atoms with van der Waals surface area (Å²) in [5.41, 5.74) is 1.58. The third-order valence-electron chi connectivity index (χ3n) is 5.51. The molecule has 1 N–H and O–H groups in total. The number of hydrogen-bond donors (Lipinski definition) is 1. The van der Waals surface area contributed by atoms with Crippen molar-refractivity contribution in [3.05, 3.63) is 34.9 Å². The molecular weight excluding hydrogens is 282 g/mol. The molecule has 3 rings (SSSR count). The summed E-state index contributed by atoms with van der Waals surface area (Å²) < 4.78 is 5.99. The Balaban J connectivity index is 1.69. The second kappa shape index (κ2) is 6.28. The molecule has 0 saturated heterocycles. The highest BCUT2D eigenvalue weighted by atomic mass is 35.5. The SMILES string of the molecule is CCOC1CC(N[C@@H](C)c2ccccc2Cl)C12CCCC2. The van der Waals surface area contributed by atoms with E-state index in [1.807, 2.05) is 12.1 Å². The largest absolute Gasteiger partial charge is 0.378 e. The molecule has 1 aromatic rings. The number of nitrogens with one attached hydrogen (secondary N) is 1. The lowest BCUT2D eigenvalue weighted by molar-refractivity contribution is -0.132. The minimum Gasteiger partial charge on any atom is -0.378 e. The van der Waals surface area contributed by atoms with Gasteiger partial charge in [0.25, 0.3) is 0 Å². The van der Waals surface area contributed by atoms with Gasteiger partial charge in [0.2, 0.25) is 0 Å². The fraction of sp³-hybridized carbons (Fsp3) is 0.667. The first-order valence-corrected chi connectivity index (χ1v) is 8.67.